The van der Waals surface area contributed by atoms with Gasteiger partial charge in [0.2, 0.25) is 0 Å². The minimum atomic E-state index is 0. The van der Waals surface area contributed by atoms with Crippen molar-refractivity contribution in [3.05, 3.63) is 0 Å². The van der Waals surface area contributed by atoms with Crippen LogP contribution in [0.15, 0.2) is 0 Å². The first-order chi connectivity index (χ1) is 3.72. The highest BCUT2D eigenvalue weighted by Crippen LogP contribution is 1.99. The van der Waals surface area contributed by atoms with E-state index in [0.29, 0.717) is 5.96 Å². The van der Waals surface area contributed by atoms with Gasteiger partial charge in [-0.05, 0) is 0 Å². The average Bonchev–Trinajstić information content (AvgIpc) is 1.98. The molecule has 3 nitrogen and oxygen atoms in total. The van der Waals surface area contributed by atoms with Crippen LogP contribution in [-0.2, 0) is 0 Å². The Bertz CT molecular complexity index is 103. The summed E-state index contributed by atoms with van der Waals surface area (Å²) in [5.74, 6) is 0.630. The third-order valence-electron chi connectivity index (χ3n) is 1.49. The summed E-state index contributed by atoms with van der Waals surface area (Å²) in [7, 11) is 3.87. The summed E-state index contributed by atoms with van der Waals surface area (Å²) >= 11 is 0. The van der Waals surface area contributed by atoms with Crippen molar-refractivity contribution in [2.45, 2.75) is 0 Å². The third-order valence-corrected chi connectivity index (χ3v) is 1.49. The molecule has 1 N–H and O–H groups in total. The molecule has 0 aromatic carbocycles. The molecule has 1 aliphatic rings. The lowest BCUT2D eigenvalue weighted by Crippen LogP contribution is -2.26. The molecule has 54 valence electrons. The number of guanidine groups is 1. The molecule has 1 saturated heterocycles. The molecule has 1 rings (SSSR count). The van der Waals surface area contributed by atoms with Gasteiger partial charge >= 0.3 is 0 Å². The van der Waals surface area contributed by atoms with E-state index in [1.165, 1.54) is 0 Å². The highest BCUT2D eigenvalue weighted by molar-refractivity contribution is 8.93. The van der Waals surface area contributed by atoms with E-state index in [1.807, 2.05) is 23.9 Å². The molecule has 1 aliphatic heterocycles. The molecule has 1 fully saturated rings. The Labute approximate surface area is 65.9 Å². The second kappa shape index (κ2) is 3.06. The Morgan fingerprint density at radius 2 is 1.56 bits per heavy atom. The normalized spacial score (nSPS) is 18.2. The Hall–Kier alpha value is -0.250. The number of rotatable bonds is 0. The van der Waals surface area contributed by atoms with Gasteiger partial charge < -0.3 is 9.80 Å². The molecule has 0 aliphatic carbocycles. The van der Waals surface area contributed by atoms with Gasteiger partial charge in [0, 0.05) is 27.2 Å². The number of likely N-dealkylation sites (N-methyl/N-ethyl adjacent to an activating group) is 2. The third kappa shape index (κ3) is 1.58. The largest absolute Gasteiger partial charge is 0.344 e. The molecule has 0 amide bonds. The highest BCUT2D eigenvalue weighted by atomic mass is 79.9. The molecule has 0 spiro atoms. The van der Waals surface area contributed by atoms with Gasteiger partial charge in [-0.3, -0.25) is 5.41 Å². The summed E-state index contributed by atoms with van der Waals surface area (Å²) in [6.07, 6.45) is 0. The monoisotopic (exact) mass is 193 g/mol. The topological polar surface area (TPSA) is 30.3 Å². The van der Waals surface area contributed by atoms with Gasteiger partial charge in [0.1, 0.15) is 0 Å². The van der Waals surface area contributed by atoms with Crippen molar-refractivity contribution >= 4 is 22.9 Å². The van der Waals surface area contributed by atoms with Crippen molar-refractivity contribution in [3.8, 4) is 0 Å². The number of nitrogens with zero attached hydrogens (tertiary/aromatic N) is 2. The average molecular weight is 194 g/mol. The van der Waals surface area contributed by atoms with Gasteiger partial charge in [-0.25, -0.2) is 0 Å². The maximum Gasteiger partial charge on any atom is 0.193 e. The van der Waals surface area contributed by atoms with Gasteiger partial charge in [-0.1, -0.05) is 0 Å². The lowest BCUT2D eigenvalue weighted by Gasteiger charge is -2.11. The van der Waals surface area contributed by atoms with Crippen molar-refractivity contribution < 1.29 is 0 Å². The van der Waals surface area contributed by atoms with Crippen LogP contribution < -0.4 is 0 Å². The number of nitrogens with one attached hydrogen (secondary N) is 1. The van der Waals surface area contributed by atoms with E-state index < -0.39 is 0 Å². The zero-order valence-corrected chi connectivity index (χ0v) is 7.43. The van der Waals surface area contributed by atoms with Crippen LogP contribution in [0, 0.1) is 5.41 Å². The van der Waals surface area contributed by atoms with Crippen molar-refractivity contribution in [1.29, 1.82) is 5.41 Å². The number of hydrogen-bond donors (Lipinski definition) is 1. The molecule has 4 heteroatoms. The molecule has 9 heavy (non-hydrogen) atoms. The van der Waals surface area contributed by atoms with Gasteiger partial charge in [-0.2, -0.15) is 0 Å². The predicted octanol–water partition coefficient (Wildman–Crippen LogP) is 0.376. The van der Waals surface area contributed by atoms with Crippen LogP contribution in [0.2, 0.25) is 0 Å². The SMILES string of the molecule is Br.CN1CCN(C)C1=N. The second-order valence-electron chi connectivity index (χ2n) is 2.17. The molecular formula is C5H12BrN3. The van der Waals surface area contributed by atoms with Crippen LogP contribution in [-0.4, -0.2) is 42.9 Å². The first-order valence-electron chi connectivity index (χ1n) is 2.72. The van der Waals surface area contributed by atoms with Crippen LogP contribution in [0.25, 0.3) is 0 Å². The Kier molecular flexibility index (Phi) is 2.97. The lowest BCUT2D eigenvalue weighted by atomic mass is 10.6. The van der Waals surface area contributed by atoms with Crippen molar-refractivity contribution in [2.75, 3.05) is 27.2 Å². The summed E-state index contributed by atoms with van der Waals surface area (Å²) in [6.45, 7) is 1.99. The van der Waals surface area contributed by atoms with E-state index >= 15 is 0 Å². The van der Waals surface area contributed by atoms with Crippen molar-refractivity contribution in [1.82, 2.24) is 9.80 Å². The van der Waals surface area contributed by atoms with Gasteiger partial charge in [0.25, 0.3) is 0 Å². The lowest BCUT2D eigenvalue weighted by molar-refractivity contribution is 0.553. The maximum absolute atomic E-state index is 7.31. The van der Waals surface area contributed by atoms with Gasteiger partial charge in [0.05, 0.1) is 0 Å². The molecule has 0 bridgehead atoms. The fourth-order valence-electron chi connectivity index (χ4n) is 0.803. The van der Waals surface area contributed by atoms with Crippen molar-refractivity contribution in [2.24, 2.45) is 0 Å². The number of halogens is 1. The number of hydrogen-bond acceptors (Lipinski definition) is 1. The van der Waals surface area contributed by atoms with Crippen LogP contribution in [0.5, 0.6) is 0 Å². The van der Waals surface area contributed by atoms with Gasteiger partial charge in [-0.15, -0.1) is 17.0 Å². The van der Waals surface area contributed by atoms with Crippen molar-refractivity contribution in [3.63, 3.8) is 0 Å². The summed E-state index contributed by atoms with van der Waals surface area (Å²) in [4.78, 5) is 3.86. The Morgan fingerprint density at radius 1 is 1.22 bits per heavy atom. The first-order valence-corrected chi connectivity index (χ1v) is 2.72. The minimum Gasteiger partial charge on any atom is -0.344 e. The van der Waals surface area contributed by atoms with E-state index in [0.717, 1.165) is 13.1 Å². The standard InChI is InChI=1S/C5H11N3.BrH/c1-7-3-4-8(2)5(7)6;/h6H,3-4H2,1-2H3;1H. The van der Waals surface area contributed by atoms with Crippen LogP contribution >= 0.6 is 17.0 Å². The summed E-state index contributed by atoms with van der Waals surface area (Å²) in [6, 6.07) is 0. The van der Waals surface area contributed by atoms with Gasteiger partial charge in [0.15, 0.2) is 5.96 Å². The quantitative estimate of drug-likeness (QED) is 0.604. The summed E-state index contributed by atoms with van der Waals surface area (Å²) < 4.78 is 0. The first kappa shape index (κ1) is 8.75. The second-order valence-corrected chi connectivity index (χ2v) is 2.17. The van der Waals surface area contributed by atoms with Crippen LogP contribution in [0.4, 0.5) is 0 Å². The molecule has 0 unspecified atom stereocenters. The fourth-order valence-corrected chi connectivity index (χ4v) is 0.803. The fraction of sp³-hybridized carbons (Fsp3) is 0.800. The highest BCUT2D eigenvalue weighted by Gasteiger charge is 2.16. The van der Waals surface area contributed by atoms with Crippen LogP contribution in [0.1, 0.15) is 0 Å². The molecule has 0 saturated carbocycles. The minimum absolute atomic E-state index is 0. The predicted molar refractivity (Wildman–Crippen MR) is 43.3 cm³/mol. The smallest absolute Gasteiger partial charge is 0.193 e. The molecule has 1 heterocycles. The molecule has 0 aromatic rings. The Morgan fingerprint density at radius 3 is 1.67 bits per heavy atom. The molecular weight excluding hydrogens is 182 g/mol. The van der Waals surface area contributed by atoms with E-state index in [-0.39, 0.29) is 17.0 Å². The van der Waals surface area contributed by atoms with E-state index in [2.05, 4.69) is 0 Å². The van der Waals surface area contributed by atoms with E-state index in [4.69, 9.17) is 5.41 Å². The summed E-state index contributed by atoms with van der Waals surface area (Å²) in [5.41, 5.74) is 0. The van der Waals surface area contributed by atoms with E-state index in [1.54, 1.807) is 0 Å². The molecule has 0 atom stereocenters. The molecule has 0 aromatic heterocycles. The van der Waals surface area contributed by atoms with E-state index in [9.17, 15) is 0 Å². The van der Waals surface area contributed by atoms with Crippen LogP contribution in [0.3, 0.4) is 0 Å². The zero-order valence-electron chi connectivity index (χ0n) is 5.72. The maximum atomic E-state index is 7.31. The molecule has 0 radical (unpaired) electrons. The Balaban J connectivity index is 0.000000640. The zero-order chi connectivity index (χ0) is 6.15. The summed E-state index contributed by atoms with van der Waals surface area (Å²) in [5, 5.41) is 7.31.